The summed E-state index contributed by atoms with van der Waals surface area (Å²) < 4.78 is 5.10. The van der Waals surface area contributed by atoms with Gasteiger partial charge in [0.15, 0.2) is 0 Å². The van der Waals surface area contributed by atoms with Gasteiger partial charge in [-0.2, -0.15) is 5.10 Å². The van der Waals surface area contributed by atoms with Gasteiger partial charge in [-0.3, -0.25) is 19.5 Å². The molecular weight excluding hydrogens is 398 g/mol. The number of hydrogen-bond donors (Lipinski definition) is 1. The van der Waals surface area contributed by atoms with Gasteiger partial charge in [0.1, 0.15) is 11.8 Å². The summed E-state index contributed by atoms with van der Waals surface area (Å²) in [7, 11) is 0. The Labute approximate surface area is 183 Å². The average molecular weight is 430 g/mol. The van der Waals surface area contributed by atoms with Crippen LogP contribution in [0.3, 0.4) is 0 Å². The van der Waals surface area contributed by atoms with E-state index in [9.17, 15) is 14.4 Å². The number of nitrogens with one attached hydrogen (secondary N) is 1. The largest absolute Gasteiger partial charge is 0.461 e. The van der Waals surface area contributed by atoms with Gasteiger partial charge in [-0.05, 0) is 25.5 Å². The number of benzene rings is 1. The lowest BCUT2D eigenvalue weighted by Crippen LogP contribution is -2.55. The predicted octanol–water partition coefficient (Wildman–Crippen LogP) is 0.855. The monoisotopic (exact) mass is 429 g/mol. The predicted molar refractivity (Wildman–Crippen MR) is 118 cm³/mol. The maximum absolute atomic E-state index is 13.3. The van der Waals surface area contributed by atoms with E-state index in [1.54, 1.807) is 16.8 Å². The molecule has 1 aromatic carbocycles. The molecule has 1 fully saturated rings. The van der Waals surface area contributed by atoms with Gasteiger partial charge in [-0.1, -0.05) is 25.1 Å². The van der Waals surface area contributed by atoms with E-state index in [1.807, 2.05) is 37.3 Å². The fourth-order valence-corrected chi connectivity index (χ4v) is 3.72. The van der Waals surface area contributed by atoms with Crippen molar-refractivity contribution in [1.82, 2.24) is 15.1 Å². The molecule has 2 aliphatic rings. The summed E-state index contributed by atoms with van der Waals surface area (Å²) in [6.07, 6.45) is 1.12. The Morgan fingerprint density at radius 2 is 1.81 bits per heavy atom. The smallest absolute Gasteiger partial charge is 0.354 e. The quantitative estimate of drug-likeness (QED) is 0.616. The molecule has 168 valence electrons. The summed E-state index contributed by atoms with van der Waals surface area (Å²) in [5.74, 6) is -0.538. The van der Waals surface area contributed by atoms with Crippen molar-refractivity contribution in [3.63, 3.8) is 0 Å². The lowest BCUT2D eigenvalue weighted by Gasteiger charge is -2.36. The van der Waals surface area contributed by atoms with Crippen LogP contribution < -0.4 is 10.3 Å². The number of esters is 1. The van der Waals surface area contributed by atoms with E-state index in [0.717, 1.165) is 12.1 Å². The third kappa shape index (κ3) is 5.81. The molecule has 0 aliphatic carbocycles. The van der Waals surface area contributed by atoms with Crippen molar-refractivity contribution < 1.29 is 19.1 Å². The molecule has 1 saturated heterocycles. The second-order valence-electron chi connectivity index (χ2n) is 7.62. The lowest BCUT2D eigenvalue weighted by atomic mass is 10.1. The fraction of sp³-hybridized carbons (Fsp3) is 0.545. The van der Waals surface area contributed by atoms with E-state index in [0.29, 0.717) is 39.3 Å². The highest BCUT2D eigenvalue weighted by molar-refractivity contribution is 6.38. The molecule has 0 bridgehead atoms. The van der Waals surface area contributed by atoms with E-state index in [2.05, 4.69) is 15.3 Å². The first-order chi connectivity index (χ1) is 15.0. The zero-order chi connectivity index (χ0) is 22.2. The van der Waals surface area contributed by atoms with Crippen LogP contribution in [0.15, 0.2) is 35.4 Å². The van der Waals surface area contributed by atoms with Crippen molar-refractivity contribution >= 4 is 29.2 Å². The molecule has 1 atom stereocenters. The molecule has 1 unspecified atom stereocenters. The molecule has 1 aromatic rings. The first-order valence-corrected chi connectivity index (χ1v) is 10.9. The second-order valence-corrected chi connectivity index (χ2v) is 7.62. The number of hydrogen-bond acceptors (Lipinski definition) is 7. The Bertz CT molecular complexity index is 805. The van der Waals surface area contributed by atoms with E-state index in [4.69, 9.17) is 4.74 Å². The fourth-order valence-electron chi connectivity index (χ4n) is 3.72. The van der Waals surface area contributed by atoms with Crippen LogP contribution in [0.5, 0.6) is 0 Å². The Morgan fingerprint density at radius 1 is 1.10 bits per heavy atom. The van der Waals surface area contributed by atoms with Gasteiger partial charge in [0, 0.05) is 39.1 Å². The number of para-hydroxylation sites is 1. The number of anilines is 1. The van der Waals surface area contributed by atoms with Crippen molar-refractivity contribution in [2.45, 2.75) is 32.7 Å². The molecule has 9 heteroatoms. The highest BCUT2D eigenvalue weighted by atomic mass is 16.5. The van der Waals surface area contributed by atoms with Crippen LogP contribution in [0.4, 0.5) is 5.69 Å². The Morgan fingerprint density at radius 3 is 2.45 bits per heavy atom. The van der Waals surface area contributed by atoms with Crippen molar-refractivity contribution in [1.29, 1.82) is 0 Å². The summed E-state index contributed by atoms with van der Waals surface area (Å²) in [4.78, 5) is 41.4. The maximum Gasteiger partial charge on any atom is 0.354 e. The Hall–Kier alpha value is -2.94. The van der Waals surface area contributed by atoms with Crippen LogP contribution in [-0.4, -0.2) is 85.2 Å². The van der Waals surface area contributed by atoms with Gasteiger partial charge in [0.2, 0.25) is 11.8 Å². The number of rotatable bonds is 8. The van der Waals surface area contributed by atoms with Crippen molar-refractivity contribution in [2.75, 3.05) is 50.9 Å². The van der Waals surface area contributed by atoms with E-state index >= 15 is 0 Å². The van der Waals surface area contributed by atoms with Crippen molar-refractivity contribution in [2.24, 2.45) is 5.10 Å². The van der Waals surface area contributed by atoms with Gasteiger partial charge >= 0.3 is 5.97 Å². The zero-order valence-corrected chi connectivity index (χ0v) is 18.2. The lowest BCUT2D eigenvalue weighted by molar-refractivity contribution is -0.135. The Kier molecular flexibility index (Phi) is 8.00. The van der Waals surface area contributed by atoms with Crippen LogP contribution >= 0.6 is 0 Å². The standard InChI is InChI=1S/C22H31N5O4/c1-3-10-23-20(28)16-25-11-13-26(14-12-25)21(29)19-15-18(22(30)31-4-2)24-27(19)17-8-6-5-7-9-17/h5-9,19H,3-4,10-16H2,1-2H3,(H,23,28). The summed E-state index contributed by atoms with van der Waals surface area (Å²) in [6.45, 7) is 7.38. The van der Waals surface area contributed by atoms with E-state index in [-0.39, 0.29) is 30.6 Å². The SMILES string of the molecule is CCCNC(=O)CN1CCN(C(=O)C2CC(C(=O)OCC)=NN2c2ccccc2)CC1. The average Bonchev–Trinajstić information content (AvgIpc) is 3.24. The number of piperazine rings is 1. The van der Waals surface area contributed by atoms with Gasteiger partial charge < -0.3 is 15.0 Å². The molecule has 2 aliphatic heterocycles. The minimum Gasteiger partial charge on any atom is -0.461 e. The molecular formula is C22H31N5O4. The summed E-state index contributed by atoms with van der Waals surface area (Å²) in [5.41, 5.74) is 1.02. The number of hydrazone groups is 1. The second kappa shape index (κ2) is 10.9. The van der Waals surface area contributed by atoms with Crippen LogP contribution in [0, 0.1) is 0 Å². The summed E-state index contributed by atoms with van der Waals surface area (Å²) in [5, 5.41) is 8.93. The minimum absolute atomic E-state index is 0.0140. The van der Waals surface area contributed by atoms with Crippen LogP contribution in [-0.2, 0) is 19.1 Å². The highest BCUT2D eigenvalue weighted by Gasteiger charge is 2.39. The molecule has 0 aromatic heterocycles. The summed E-state index contributed by atoms with van der Waals surface area (Å²) >= 11 is 0. The van der Waals surface area contributed by atoms with E-state index in [1.165, 1.54) is 0 Å². The zero-order valence-electron chi connectivity index (χ0n) is 18.2. The van der Waals surface area contributed by atoms with Crippen LogP contribution in [0.25, 0.3) is 0 Å². The molecule has 2 amide bonds. The number of nitrogens with zero attached hydrogens (tertiary/aromatic N) is 4. The van der Waals surface area contributed by atoms with Crippen molar-refractivity contribution in [3.05, 3.63) is 30.3 Å². The van der Waals surface area contributed by atoms with Gasteiger partial charge in [0.25, 0.3) is 0 Å². The molecule has 0 radical (unpaired) electrons. The maximum atomic E-state index is 13.3. The van der Waals surface area contributed by atoms with Gasteiger partial charge in [-0.25, -0.2) is 4.79 Å². The normalized spacial score (nSPS) is 19.2. The van der Waals surface area contributed by atoms with Crippen LogP contribution in [0.2, 0.25) is 0 Å². The third-order valence-corrected chi connectivity index (χ3v) is 5.35. The Balaban J connectivity index is 1.63. The molecule has 2 heterocycles. The van der Waals surface area contributed by atoms with Crippen LogP contribution in [0.1, 0.15) is 26.7 Å². The number of carbonyl (C=O) groups excluding carboxylic acids is 3. The van der Waals surface area contributed by atoms with Crippen molar-refractivity contribution in [3.8, 4) is 0 Å². The highest BCUT2D eigenvalue weighted by Crippen LogP contribution is 2.26. The topological polar surface area (TPSA) is 94.5 Å². The first kappa shape index (κ1) is 22.7. The molecule has 31 heavy (non-hydrogen) atoms. The minimum atomic E-state index is -0.582. The molecule has 0 spiro atoms. The molecule has 0 saturated carbocycles. The summed E-state index contributed by atoms with van der Waals surface area (Å²) in [6, 6.07) is 8.78. The third-order valence-electron chi connectivity index (χ3n) is 5.35. The van der Waals surface area contributed by atoms with Gasteiger partial charge in [-0.15, -0.1) is 0 Å². The molecule has 1 N–H and O–H groups in total. The number of amides is 2. The molecule has 9 nitrogen and oxygen atoms in total. The number of ether oxygens (including phenoxy) is 1. The first-order valence-electron chi connectivity index (χ1n) is 10.9. The van der Waals surface area contributed by atoms with E-state index < -0.39 is 12.0 Å². The molecule has 3 rings (SSSR count). The number of carbonyl (C=O) groups is 3. The van der Waals surface area contributed by atoms with Gasteiger partial charge in [0.05, 0.1) is 18.8 Å².